The average molecular weight is 251 g/mol. The van der Waals surface area contributed by atoms with Crippen molar-refractivity contribution in [1.82, 2.24) is 9.55 Å². The molecule has 0 aliphatic rings. The molecule has 3 N–H and O–H groups in total. The van der Waals surface area contributed by atoms with E-state index in [-0.39, 0.29) is 16.2 Å². The fourth-order valence-corrected chi connectivity index (χ4v) is 1.53. The van der Waals surface area contributed by atoms with Crippen LogP contribution in [0.4, 0.5) is 0 Å². The number of aromatic nitrogens is 2. The lowest BCUT2D eigenvalue weighted by Gasteiger charge is -2.08. The Kier molecular flexibility index (Phi) is 4.17. The second-order valence-corrected chi connectivity index (χ2v) is 3.82. The van der Waals surface area contributed by atoms with Crippen LogP contribution in [0.3, 0.4) is 0 Å². The van der Waals surface area contributed by atoms with Crippen LogP contribution in [0, 0.1) is 10.2 Å². The van der Waals surface area contributed by atoms with E-state index in [4.69, 9.17) is 17.6 Å². The van der Waals surface area contributed by atoms with Gasteiger partial charge in [0.2, 0.25) is 5.88 Å². The molecule has 0 saturated carbocycles. The molecule has 0 atom stereocenters. The SMILES string of the molecule is C=CCn1c(O)c(C=C(C)C=N)c(=O)[nH]c1=S. The summed E-state index contributed by atoms with van der Waals surface area (Å²) in [5, 5.41) is 17.0. The third-order valence-corrected chi connectivity index (χ3v) is 2.44. The number of H-pyrrole nitrogens is 1. The molecule has 0 aliphatic carbocycles. The van der Waals surface area contributed by atoms with Crippen LogP contribution in [-0.2, 0) is 6.54 Å². The molecule has 0 unspecified atom stereocenters. The molecule has 17 heavy (non-hydrogen) atoms. The van der Waals surface area contributed by atoms with Gasteiger partial charge in [-0.25, -0.2) is 0 Å². The minimum absolute atomic E-state index is 0.0847. The van der Waals surface area contributed by atoms with E-state index in [1.807, 2.05) is 0 Å². The largest absolute Gasteiger partial charge is 0.494 e. The fourth-order valence-electron chi connectivity index (χ4n) is 1.27. The molecular formula is C11H13N3O2S. The van der Waals surface area contributed by atoms with Gasteiger partial charge in [-0.15, -0.1) is 6.58 Å². The normalized spacial score (nSPS) is 11.2. The molecule has 0 aromatic carbocycles. The van der Waals surface area contributed by atoms with Crippen LogP contribution >= 0.6 is 12.2 Å². The smallest absolute Gasteiger partial charge is 0.262 e. The van der Waals surface area contributed by atoms with Crippen molar-refractivity contribution >= 4 is 24.5 Å². The summed E-state index contributed by atoms with van der Waals surface area (Å²) in [5.74, 6) is -0.222. The molecule has 0 aliphatic heterocycles. The quantitative estimate of drug-likeness (QED) is 0.434. The standard InChI is InChI=1S/C11H13N3O2S/c1-3-4-14-10(16)8(5-7(2)6-12)9(15)13-11(14)17/h3,5-6,12,16H,1,4H2,2H3,(H,13,15,17). The fraction of sp³-hybridized carbons (Fsp3) is 0.182. The molecule has 0 saturated heterocycles. The molecular weight excluding hydrogens is 238 g/mol. The molecule has 1 aromatic heterocycles. The second kappa shape index (κ2) is 5.40. The molecule has 6 heteroatoms. The Morgan fingerprint density at radius 2 is 2.35 bits per heavy atom. The summed E-state index contributed by atoms with van der Waals surface area (Å²) >= 11 is 4.93. The number of rotatable bonds is 4. The number of nitrogens with one attached hydrogen (secondary N) is 2. The van der Waals surface area contributed by atoms with Crippen LogP contribution < -0.4 is 5.56 Å². The third kappa shape index (κ3) is 2.79. The van der Waals surface area contributed by atoms with Crippen molar-refractivity contribution in [3.8, 4) is 5.88 Å². The zero-order valence-electron chi connectivity index (χ0n) is 9.36. The van der Waals surface area contributed by atoms with Gasteiger partial charge in [0.05, 0.1) is 0 Å². The molecule has 0 amide bonds. The van der Waals surface area contributed by atoms with Crippen LogP contribution in [0.1, 0.15) is 12.5 Å². The summed E-state index contributed by atoms with van der Waals surface area (Å²) in [6, 6.07) is 0. The van der Waals surface area contributed by atoms with Gasteiger partial charge in [0.25, 0.3) is 5.56 Å². The first-order chi connectivity index (χ1) is 8.01. The predicted octanol–water partition coefficient (Wildman–Crippen LogP) is 1.85. The minimum atomic E-state index is -0.478. The first-order valence-corrected chi connectivity index (χ1v) is 5.27. The Bertz CT molecular complexity index is 596. The van der Waals surface area contributed by atoms with Crippen LogP contribution in [0.25, 0.3) is 6.08 Å². The van der Waals surface area contributed by atoms with Crippen molar-refractivity contribution in [1.29, 1.82) is 5.41 Å². The Balaban J connectivity index is 3.56. The van der Waals surface area contributed by atoms with Crippen molar-refractivity contribution < 1.29 is 5.11 Å². The molecule has 1 rings (SSSR count). The molecule has 5 nitrogen and oxygen atoms in total. The van der Waals surface area contributed by atoms with Gasteiger partial charge < -0.3 is 10.5 Å². The lowest BCUT2D eigenvalue weighted by molar-refractivity contribution is 0.412. The Morgan fingerprint density at radius 3 is 2.88 bits per heavy atom. The summed E-state index contributed by atoms with van der Waals surface area (Å²) in [6.07, 6.45) is 4.08. The lowest BCUT2D eigenvalue weighted by Crippen LogP contribution is -2.16. The number of aromatic amines is 1. The highest BCUT2D eigenvalue weighted by Crippen LogP contribution is 2.15. The maximum atomic E-state index is 11.6. The molecule has 1 aromatic rings. The van der Waals surface area contributed by atoms with Gasteiger partial charge in [0, 0.05) is 12.8 Å². The van der Waals surface area contributed by atoms with Gasteiger partial charge in [-0.1, -0.05) is 6.08 Å². The van der Waals surface area contributed by atoms with E-state index >= 15 is 0 Å². The maximum Gasteiger partial charge on any atom is 0.262 e. The monoisotopic (exact) mass is 251 g/mol. The first-order valence-electron chi connectivity index (χ1n) is 4.87. The van der Waals surface area contributed by atoms with Gasteiger partial charge >= 0.3 is 0 Å². The lowest BCUT2D eigenvalue weighted by atomic mass is 10.2. The predicted molar refractivity (Wildman–Crippen MR) is 70.2 cm³/mol. The molecule has 0 spiro atoms. The second-order valence-electron chi connectivity index (χ2n) is 3.43. The number of allylic oxidation sites excluding steroid dienone is 2. The topological polar surface area (TPSA) is 81.9 Å². The number of hydrogen-bond donors (Lipinski definition) is 3. The molecule has 0 bridgehead atoms. The highest BCUT2D eigenvalue weighted by Gasteiger charge is 2.09. The van der Waals surface area contributed by atoms with E-state index < -0.39 is 5.56 Å². The van der Waals surface area contributed by atoms with Gasteiger partial charge in [0.1, 0.15) is 5.56 Å². The van der Waals surface area contributed by atoms with E-state index in [2.05, 4.69) is 11.6 Å². The summed E-state index contributed by atoms with van der Waals surface area (Å²) in [4.78, 5) is 14.1. The average Bonchev–Trinajstić information content (AvgIpc) is 2.29. The number of nitrogens with zero attached hydrogens (tertiary/aromatic N) is 1. The number of aromatic hydroxyl groups is 1. The molecule has 90 valence electrons. The highest BCUT2D eigenvalue weighted by molar-refractivity contribution is 7.71. The van der Waals surface area contributed by atoms with Crippen molar-refractivity contribution in [2.24, 2.45) is 0 Å². The van der Waals surface area contributed by atoms with Gasteiger partial charge in [-0.3, -0.25) is 14.3 Å². The van der Waals surface area contributed by atoms with Crippen LogP contribution in [0.5, 0.6) is 5.88 Å². The van der Waals surface area contributed by atoms with E-state index in [9.17, 15) is 9.90 Å². The molecule has 0 radical (unpaired) electrons. The summed E-state index contributed by atoms with van der Waals surface area (Å²) in [7, 11) is 0. The molecule has 1 heterocycles. The van der Waals surface area contributed by atoms with Crippen LogP contribution in [0.2, 0.25) is 0 Å². The Morgan fingerprint density at radius 1 is 1.71 bits per heavy atom. The van der Waals surface area contributed by atoms with Gasteiger partial charge in [-0.2, -0.15) is 0 Å². The van der Waals surface area contributed by atoms with Crippen molar-refractivity contribution in [2.45, 2.75) is 13.5 Å². The van der Waals surface area contributed by atoms with E-state index in [1.54, 1.807) is 13.0 Å². The summed E-state index contributed by atoms with van der Waals surface area (Å²) < 4.78 is 1.49. The highest BCUT2D eigenvalue weighted by atomic mass is 32.1. The summed E-state index contributed by atoms with van der Waals surface area (Å²) in [5.41, 5.74) is 0.156. The van der Waals surface area contributed by atoms with E-state index in [0.717, 1.165) is 6.21 Å². The van der Waals surface area contributed by atoms with E-state index in [1.165, 1.54) is 10.6 Å². The Hall–Kier alpha value is -1.95. The minimum Gasteiger partial charge on any atom is -0.494 e. The Labute approximate surface area is 103 Å². The third-order valence-electron chi connectivity index (χ3n) is 2.12. The van der Waals surface area contributed by atoms with Crippen molar-refractivity contribution in [3.63, 3.8) is 0 Å². The van der Waals surface area contributed by atoms with Crippen LogP contribution in [0.15, 0.2) is 23.0 Å². The van der Waals surface area contributed by atoms with Gasteiger partial charge in [0.15, 0.2) is 4.77 Å². The zero-order valence-corrected chi connectivity index (χ0v) is 10.2. The van der Waals surface area contributed by atoms with Gasteiger partial charge in [-0.05, 0) is 30.8 Å². The zero-order chi connectivity index (χ0) is 13.0. The van der Waals surface area contributed by atoms with Crippen molar-refractivity contribution in [2.75, 3.05) is 0 Å². The maximum absolute atomic E-state index is 11.6. The summed E-state index contributed by atoms with van der Waals surface area (Å²) in [6.45, 7) is 5.50. The number of hydrogen-bond acceptors (Lipinski definition) is 4. The van der Waals surface area contributed by atoms with Crippen LogP contribution in [-0.4, -0.2) is 20.9 Å². The first kappa shape index (κ1) is 13.1. The molecule has 0 fully saturated rings. The van der Waals surface area contributed by atoms with E-state index in [0.29, 0.717) is 12.1 Å². The van der Waals surface area contributed by atoms with Crippen molar-refractivity contribution in [3.05, 3.63) is 38.9 Å².